The van der Waals surface area contributed by atoms with Crippen molar-refractivity contribution in [1.82, 2.24) is 5.32 Å². The summed E-state index contributed by atoms with van der Waals surface area (Å²) < 4.78 is 0. The standard InChI is InChI=1S/C9H14N2O/c1-3-5-8(10)7-9(12)11-6-4-2/h2,10H,3,5-7H2,1H3,(H,11,12). The van der Waals surface area contributed by atoms with Gasteiger partial charge >= 0.3 is 0 Å². The van der Waals surface area contributed by atoms with E-state index in [9.17, 15) is 4.79 Å². The quantitative estimate of drug-likeness (QED) is 0.463. The highest BCUT2D eigenvalue weighted by Crippen LogP contribution is 1.93. The molecule has 0 aromatic carbocycles. The molecule has 0 aromatic rings. The van der Waals surface area contributed by atoms with E-state index in [0.29, 0.717) is 12.1 Å². The second kappa shape index (κ2) is 6.41. The maximum Gasteiger partial charge on any atom is 0.226 e. The van der Waals surface area contributed by atoms with Crippen molar-refractivity contribution >= 4 is 11.6 Å². The molecule has 66 valence electrons. The van der Waals surface area contributed by atoms with Crippen molar-refractivity contribution in [3.05, 3.63) is 0 Å². The van der Waals surface area contributed by atoms with Crippen LogP contribution in [-0.2, 0) is 4.79 Å². The summed E-state index contributed by atoms with van der Waals surface area (Å²) in [7, 11) is 0. The molecule has 0 aromatic heterocycles. The molecule has 0 radical (unpaired) electrons. The molecule has 0 saturated heterocycles. The average molecular weight is 166 g/mol. The van der Waals surface area contributed by atoms with Crippen LogP contribution < -0.4 is 5.32 Å². The van der Waals surface area contributed by atoms with Crippen molar-refractivity contribution in [3.63, 3.8) is 0 Å². The summed E-state index contributed by atoms with van der Waals surface area (Å²) in [4.78, 5) is 10.9. The van der Waals surface area contributed by atoms with Crippen molar-refractivity contribution < 1.29 is 4.79 Å². The molecular formula is C9H14N2O. The monoisotopic (exact) mass is 166 g/mol. The van der Waals surface area contributed by atoms with Gasteiger partial charge in [0.15, 0.2) is 0 Å². The maximum absolute atomic E-state index is 10.9. The number of hydrogen-bond acceptors (Lipinski definition) is 2. The number of carbonyl (C=O) groups excluding carboxylic acids is 1. The fourth-order valence-corrected chi connectivity index (χ4v) is 0.796. The molecule has 0 rings (SSSR count). The van der Waals surface area contributed by atoms with E-state index in [-0.39, 0.29) is 18.9 Å². The first-order valence-electron chi connectivity index (χ1n) is 3.97. The van der Waals surface area contributed by atoms with Crippen molar-refractivity contribution in [2.75, 3.05) is 6.54 Å². The van der Waals surface area contributed by atoms with Gasteiger partial charge in [-0.2, -0.15) is 0 Å². The smallest absolute Gasteiger partial charge is 0.226 e. The zero-order valence-electron chi connectivity index (χ0n) is 7.31. The van der Waals surface area contributed by atoms with E-state index in [1.54, 1.807) is 0 Å². The SMILES string of the molecule is C#CCNC(=O)CC(=N)CCC. The van der Waals surface area contributed by atoms with Gasteiger partial charge in [0.2, 0.25) is 5.91 Å². The molecule has 0 saturated carbocycles. The Morgan fingerprint density at radius 1 is 1.67 bits per heavy atom. The second-order valence-electron chi connectivity index (χ2n) is 2.51. The second-order valence-corrected chi connectivity index (χ2v) is 2.51. The third-order valence-corrected chi connectivity index (χ3v) is 1.31. The molecule has 0 heterocycles. The summed E-state index contributed by atoms with van der Waals surface area (Å²) in [5, 5.41) is 9.85. The van der Waals surface area contributed by atoms with Crippen LogP contribution in [0.15, 0.2) is 0 Å². The Morgan fingerprint density at radius 2 is 2.33 bits per heavy atom. The van der Waals surface area contributed by atoms with Crippen LogP contribution in [-0.4, -0.2) is 18.2 Å². The van der Waals surface area contributed by atoms with Gasteiger partial charge in [0.25, 0.3) is 0 Å². The zero-order chi connectivity index (χ0) is 9.40. The van der Waals surface area contributed by atoms with E-state index in [1.165, 1.54) is 0 Å². The van der Waals surface area contributed by atoms with Gasteiger partial charge in [-0.15, -0.1) is 6.42 Å². The molecule has 0 atom stereocenters. The van der Waals surface area contributed by atoms with Gasteiger partial charge in [0.05, 0.1) is 13.0 Å². The molecule has 0 aliphatic carbocycles. The normalized spacial score (nSPS) is 8.67. The van der Waals surface area contributed by atoms with E-state index < -0.39 is 0 Å². The number of amides is 1. The Hall–Kier alpha value is -1.30. The summed E-state index contributed by atoms with van der Waals surface area (Å²) in [6.07, 6.45) is 6.71. The highest BCUT2D eigenvalue weighted by Gasteiger charge is 2.03. The van der Waals surface area contributed by atoms with Gasteiger partial charge in [-0.1, -0.05) is 19.3 Å². The predicted octanol–water partition coefficient (Wildman–Crippen LogP) is 0.946. The number of carbonyl (C=O) groups is 1. The van der Waals surface area contributed by atoms with Crippen molar-refractivity contribution in [2.45, 2.75) is 26.2 Å². The summed E-state index contributed by atoms with van der Waals surface area (Å²) in [6, 6.07) is 0. The van der Waals surface area contributed by atoms with Crippen LogP contribution in [0.4, 0.5) is 0 Å². The molecule has 0 spiro atoms. The van der Waals surface area contributed by atoms with Gasteiger partial charge in [0, 0.05) is 5.71 Å². The third-order valence-electron chi connectivity index (χ3n) is 1.31. The molecule has 0 bridgehead atoms. The zero-order valence-corrected chi connectivity index (χ0v) is 7.31. The van der Waals surface area contributed by atoms with Crippen LogP contribution in [0, 0.1) is 17.8 Å². The van der Waals surface area contributed by atoms with E-state index in [4.69, 9.17) is 11.8 Å². The van der Waals surface area contributed by atoms with Crippen molar-refractivity contribution in [2.24, 2.45) is 0 Å². The van der Waals surface area contributed by atoms with Crippen LogP contribution in [0.5, 0.6) is 0 Å². The van der Waals surface area contributed by atoms with E-state index in [0.717, 1.165) is 6.42 Å². The molecule has 0 aliphatic rings. The lowest BCUT2D eigenvalue weighted by Gasteiger charge is -2.01. The highest BCUT2D eigenvalue weighted by atomic mass is 16.1. The van der Waals surface area contributed by atoms with Crippen molar-refractivity contribution in [3.8, 4) is 12.3 Å². The Labute approximate surface area is 73.1 Å². The van der Waals surface area contributed by atoms with Crippen LogP contribution in [0.3, 0.4) is 0 Å². The minimum Gasteiger partial charge on any atom is -0.345 e. The first kappa shape index (κ1) is 10.7. The van der Waals surface area contributed by atoms with Crippen LogP contribution >= 0.6 is 0 Å². The molecule has 2 N–H and O–H groups in total. The summed E-state index contributed by atoms with van der Waals surface area (Å²) >= 11 is 0. The Bertz CT molecular complexity index is 203. The molecule has 3 heteroatoms. The molecular weight excluding hydrogens is 152 g/mol. The molecule has 0 aliphatic heterocycles. The van der Waals surface area contributed by atoms with Gasteiger partial charge in [-0.25, -0.2) is 0 Å². The van der Waals surface area contributed by atoms with Gasteiger partial charge in [-0.3, -0.25) is 4.79 Å². The first-order valence-corrected chi connectivity index (χ1v) is 3.97. The Balaban J connectivity index is 3.56. The number of terminal acetylenes is 1. The minimum atomic E-state index is -0.161. The lowest BCUT2D eigenvalue weighted by molar-refractivity contribution is -0.119. The molecule has 12 heavy (non-hydrogen) atoms. The summed E-state index contributed by atoms with van der Waals surface area (Å²) in [6.45, 7) is 2.23. The Morgan fingerprint density at radius 3 is 2.83 bits per heavy atom. The van der Waals surface area contributed by atoms with E-state index in [2.05, 4.69) is 11.2 Å². The Kier molecular flexibility index (Phi) is 5.72. The molecule has 1 amide bonds. The molecule has 3 nitrogen and oxygen atoms in total. The fourth-order valence-electron chi connectivity index (χ4n) is 0.796. The minimum absolute atomic E-state index is 0.161. The van der Waals surface area contributed by atoms with E-state index in [1.807, 2.05) is 6.92 Å². The van der Waals surface area contributed by atoms with Gasteiger partial charge in [-0.05, 0) is 6.42 Å². The highest BCUT2D eigenvalue weighted by molar-refractivity contribution is 5.99. The van der Waals surface area contributed by atoms with Crippen LogP contribution in [0.2, 0.25) is 0 Å². The fraction of sp³-hybridized carbons (Fsp3) is 0.556. The third kappa shape index (κ3) is 5.48. The summed E-state index contributed by atoms with van der Waals surface area (Å²) in [5.74, 6) is 2.14. The predicted molar refractivity (Wildman–Crippen MR) is 49.1 cm³/mol. The van der Waals surface area contributed by atoms with Gasteiger partial charge in [0.1, 0.15) is 0 Å². The molecule has 0 unspecified atom stereocenters. The van der Waals surface area contributed by atoms with E-state index >= 15 is 0 Å². The van der Waals surface area contributed by atoms with Crippen LogP contribution in [0.25, 0.3) is 0 Å². The number of rotatable bonds is 5. The number of nitrogens with one attached hydrogen (secondary N) is 2. The molecule has 0 fully saturated rings. The van der Waals surface area contributed by atoms with Crippen LogP contribution in [0.1, 0.15) is 26.2 Å². The first-order chi connectivity index (χ1) is 5.70. The lowest BCUT2D eigenvalue weighted by atomic mass is 10.1. The number of hydrogen-bond donors (Lipinski definition) is 2. The largest absolute Gasteiger partial charge is 0.345 e. The maximum atomic E-state index is 10.9. The topological polar surface area (TPSA) is 53.0 Å². The lowest BCUT2D eigenvalue weighted by Crippen LogP contribution is -2.25. The van der Waals surface area contributed by atoms with Crippen molar-refractivity contribution in [1.29, 1.82) is 5.41 Å². The van der Waals surface area contributed by atoms with Gasteiger partial charge < -0.3 is 10.7 Å². The summed E-state index contributed by atoms with van der Waals surface area (Å²) in [5.41, 5.74) is 0.465. The average Bonchev–Trinajstić information content (AvgIpc) is 2.01.